The fraction of sp³-hybridized carbons (Fsp3) is 0.310. The van der Waals surface area contributed by atoms with Crippen molar-refractivity contribution in [3.63, 3.8) is 0 Å². The molecule has 0 aliphatic heterocycles. The highest BCUT2D eigenvalue weighted by Crippen LogP contribution is 2.36. The van der Waals surface area contributed by atoms with Crippen LogP contribution in [0.2, 0.25) is 0 Å². The molecule has 1 N–H and O–H groups in total. The van der Waals surface area contributed by atoms with Crippen LogP contribution in [0.1, 0.15) is 46.0 Å². The summed E-state index contributed by atoms with van der Waals surface area (Å²) in [7, 11) is 19.1. The van der Waals surface area contributed by atoms with Gasteiger partial charge in [0.25, 0.3) is 0 Å². The number of phenolic OH excluding ortho intramolecular Hbond substituents is 1. The molecule has 0 aliphatic carbocycles. The first kappa shape index (κ1) is 39.8. The van der Waals surface area contributed by atoms with Crippen molar-refractivity contribution in [2.45, 2.75) is 26.7 Å². The number of benzene rings is 2. The smallest absolute Gasteiger partial charge is 0.507 e. The molecule has 242 valence electrons. The van der Waals surface area contributed by atoms with Crippen LogP contribution in [0.4, 0.5) is 0 Å². The summed E-state index contributed by atoms with van der Waals surface area (Å²) in [4.78, 5) is 48.3. The Morgan fingerprint density at radius 2 is 1.16 bits per heavy atom. The van der Waals surface area contributed by atoms with Crippen molar-refractivity contribution in [1.82, 2.24) is 0 Å². The number of hydrogen-bond donors (Lipinski definition) is 1. The van der Waals surface area contributed by atoms with Gasteiger partial charge in [0.2, 0.25) is 0 Å². The fourth-order valence-corrected chi connectivity index (χ4v) is 6.78. The number of ether oxygens (including phenoxy) is 3. The van der Waals surface area contributed by atoms with E-state index in [1.54, 1.807) is 39.2 Å². The maximum Gasteiger partial charge on any atom is 0.643 e. The number of thiophene rings is 2. The lowest BCUT2D eigenvalue weighted by atomic mass is 10.0. The Hall–Kier alpha value is -1.40. The van der Waals surface area contributed by atoms with E-state index in [4.69, 9.17) is 34.9 Å². The lowest BCUT2D eigenvalue weighted by molar-refractivity contribution is -0.145. The molecule has 0 fully saturated rings. The number of rotatable bonds is 9. The number of ketones is 2. The Kier molecular flexibility index (Phi) is 16.6. The number of aromatic hydroxyl groups is 1. The van der Waals surface area contributed by atoms with Crippen molar-refractivity contribution in [2.24, 2.45) is 11.8 Å². The SMILES string of the molecule is COC(=O)[C@@H](C)CC(=O)c1cc2cc(Br)c(O)cc2s1.COC(=O)[C@@H](C)CC(=O)c1cc2cc(Br)c(OC)cc2s1.[Cl][Al]([Cl])[Cl]. The second-order valence-corrected chi connectivity index (χ2v) is 19.7. The summed E-state index contributed by atoms with van der Waals surface area (Å²) in [6, 6.07) is 10.8. The molecule has 0 spiro atoms. The van der Waals surface area contributed by atoms with Gasteiger partial charge in [-0.3, -0.25) is 19.2 Å². The summed E-state index contributed by atoms with van der Waals surface area (Å²) in [6.07, 6.45) is 0.268. The molecule has 0 amide bonds. The number of fused-ring (bicyclic) bond motifs is 2. The lowest BCUT2D eigenvalue weighted by Gasteiger charge is -2.06. The van der Waals surface area contributed by atoms with Crippen LogP contribution >= 0.6 is 84.7 Å². The van der Waals surface area contributed by atoms with Gasteiger partial charge in [-0.2, -0.15) is 0 Å². The normalized spacial score (nSPS) is 11.8. The molecule has 16 heteroatoms. The van der Waals surface area contributed by atoms with E-state index in [2.05, 4.69) is 41.3 Å². The van der Waals surface area contributed by atoms with Crippen molar-refractivity contribution < 1.29 is 38.5 Å². The average Bonchev–Trinajstić information content (AvgIpc) is 3.59. The Morgan fingerprint density at radius 3 is 1.56 bits per heavy atom. The zero-order chi connectivity index (χ0) is 34.0. The van der Waals surface area contributed by atoms with Crippen LogP contribution in [0.25, 0.3) is 20.2 Å². The molecule has 0 saturated heterocycles. The second-order valence-electron chi connectivity index (χ2n) is 9.44. The van der Waals surface area contributed by atoms with E-state index in [0.29, 0.717) is 14.2 Å². The summed E-state index contributed by atoms with van der Waals surface area (Å²) < 4.78 is 17.7. The molecule has 0 bridgehead atoms. The molecule has 0 radical (unpaired) electrons. The number of carbonyl (C=O) groups excluding carboxylic acids is 4. The third-order valence-corrected chi connectivity index (χ3v) is 9.65. The van der Waals surface area contributed by atoms with E-state index < -0.39 is 23.2 Å². The van der Waals surface area contributed by atoms with Crippen molar-refractivity contribution in [3.8, 4) is 11.5 Å². The van der Waals surface area contributed by atoms with Gasteiger partial charge in [0.15, 0.2) is 11.6 Å². The average molecular weight is 862 g/mol. The van der Waals surface area contributed by atoms with E-state index >= 15 is 0 Å². The molecule has 45 heavy (non-hydrogen) atoms. The number of carbonyl (C=O) groups is 4. The second kappa shape index (κ2) is 18.8. The van der Waals surface area contributed by atoms with Crippen molar-refractivity contribution in [2.75, 3.05) is 21.3 Å². The predicted molar refractivity (Wildman–Crippen MR) is 191 cm³/mol. The van der Waals surface area contributed by atoms with Gasteiger partial charge in [-0.05, 0) is 79.0 Å². The minimum atomic E-state index is -1.72. The molecule has 4 aromatic rings. The summed E-state index contributed by atoms with van der Waals surface area (Å²) in [5, 5.41) is 11.5. The number of halogens is 5. The minimum Gasteiger partial charge on any atom is -0.507 e. The first-order valence-electron chi connectivity index (χ1n) is 12.9. The quantitative estimate of drug-likeness (QED) is 0.101. The summed E-state index contributed by atoms with van der Waals surface area (Å²) >= 11 is 7.65. The van der Waals surface area contributed by atoms with Gasteiger partial charge in [0, 0.05) is 22.2 Å². The standard InChI is InChI=1S/C15H15BrO4S.C14H13BrO4S.Al.3ClH/c1-8(15(18)20-3)4-11(17)14-6-9-5-10(16)12(19-2)7-13(9)21-14;1-7(14(18)19-2)3-11(17)13-5-8-4-9(15)10(16)6-12(8)20-13;;;;/h5-8H,4H2,1-3H3;4-7,16H,3H2,1-2H3;;3*1H/q;;+3;;;/p-3/t8-;7-;;;;/m00..../s1. The van der Waals surface area contributed by atoms with Crippen LogP contribution in [0.3, 0.4) is 0 Å². The largest absolute Gasteiger partial charge is 0.643 e. The van der Waals surface area contributed by atoms with Gasteiger partial charge >= 0.3 is 23.3 Å². The third-order valence-electron chi connectivity index (χ3n) is 6.12. The summed E-state index contributed by atoms with van der Waals surface area (Å²) in [5.74, 6) is -0.933. The van der Waals surface area contributed by atoms with Crippen LogP contribution in [0.5, 0.6) is 11.5 Å². The Balaban J connectivity index is 0.000000281. The molecule has 4 rings (SSSR count). The molecule has 0 unspecified atom stereocenters. The first-order valence-corrected chi connectivity index (χ1v) is 21.4. The van der Waals surface area contributed by atoms with Gasteiger partial charge in [-0.15, -0.1) is 22.7 Å². The van der Waals surface area contributed by atoms with Crippen molar-refractivity contribution >= 4 is 140 Å². The maximum atomic E-state index is 12.2. The highest BCUT2D eigenvalue weighted by molar-refractivity contribution is 9.11. The zero-order valence-corrected chi connectivity index (χ0v) is 32.8. The highest BCUT2D eigenvalue weighted by atomic mass is 79.9. The van der Waals surface area contributed by atoms with Crippen LogP contribution in [0, 0.1) is 11.8 Å². The van der Waals surface area contributed by atoms with Gasteiger partial charge in [-0.25, -0.2) is 30.1 Å². The molecule has 0 aliphatic rings. The Bertz CT molecular complexity index is 1640. The van der Waals surface area contributed by atoms with E-state index in [1.807, 2.05) is 18.2 Å². The lowest BCUT2D eigenvalue weighted by Crippen LogP contribution is -2.16. The van der Waals surface area contributed by atoms with E-state index in [9.17, 15) is 24.3 Å². The summed E-state index contributed by atoms with van der Waals surface area (Å²) in [6.45, 7) is 3.36. The van der Waals surface area contributed by atoms with Crippen LogP contribution in [0.15, 0.2) is 45.3 Å². The number of phenols is 1. The van der Waals surface area contributed by atoms with Crippen molar-refractivity contribution in [1.29, 1.82) is 0 Å². The fourth-order valence-electron chi connectivity index (χ4n) is 3.85. The number of Topliss-reactive ketones (excluding diaryl/α,β-unsaturated/α-hetero) is 2. The zero-order valence-electron chi connectivity index (χ0n) is 24.6. The van der Waals surface area contributed by atoms with E-state index in [-0.39, 0.29) is 42.1 Å². The van der Waals surface area contributed by atoms with Gasteiger partial charge in [-0.1, -0.05) is 13.8 Å². The first-order chi connectivity index (χ1) is 21.1. The monoisotopic (exact) mass is 858 g/mol. The number of esters is 2. The van der Waals surface area contributed by atoms with Gasteiger partial charge in [0.1, 0.15) is 11.5 Å². The molecule has 0 saturated carbocycles. The van der Waals surface area contributed by atoms with Crippen LogP contribution < -0.4 is 4.74 Å². The topological polar surface area (TPSA) is 116 Å². The predicted octanol–water partition coefficient (Wildman–Crippen LogP) is 9.49. The summed E-state index contributed by atoms with van der Waals surface area (Å²) in [5.41, 5.74) is 0. The third kappa shape index (κ3) is 12.0. The maximum absolute atomic E-state index is 12.2. The number of hydrogen-bond acceptors (Lipinski definition) is 10. The Morgan fingerprint density at radius 1 is 0.756 bits per heavy atom. The molecular formula is C29H28AlBr2Cl3O8S2. The molecule has 2 atom stereocenters. The highest BCUT2D eigenvalue weighted by Gasteiger charge is 2.21. The minimum absolute atomic E-state index is 0.0517. The Labute approximate surface area is 302 Å². The van der Waals surface area contributed by atoms with E-state index in [1.165, 1.54) is 36.9 Å². The van der Waals surface area contributed by atoms with Gasteiger partial charge in [0.05, 0.1) is 51.9 Å². The van der Waals surface area contributed by atoms with Crippen LogP contribution in [-0.2, 0) is 19.1 Å². The van der Waals surface area contributed by atoms with Gasteiger partial charge < -0.3 is 19.3 Å². The molecule has 2 aromatic carbocycles. The van der Waals surface area contributed by atoms with Crippen LogP contribution in [-0.4, -0.2) is 61.3 Å². The van der Waals surface area contributed by atoms with Crippen molar-refractivity contribution in [3.05, 3.63) is 55.1 Å². The molecule has 2 aromatic heterocycles. The number of methoxy groups -OCH3 is 3. The molecule has 8 nitrogen and oxygen atoms in total. The van der Waals surface area contributed by atoms with E-state index in [0.717, 1.165) is 30.4 Å². The molecular weight excluding hydrogens is 834 g/mol. The molecule has 2 heterocycles.